The molecule has 1 atom stereocenters. The van der Waals surface area contributed by atoms with E-state index in [0.29, 0.717) is 13.2 Å². The Morgan fingerprint density at radius 1 is 1.24 bits per heavy atom. The zero-order chi connectivity index (χ0) is 14.8. The maximum atomic E-state index is 5.88. The van der Waals surface area contributed by atoms with E-state index in [0.717, 1.165) is 33.9 Å². The van der Waals surface area contributed by atoms with Gasteiger partial charge in [-0.1, -0.05) is 18.2 Å². The molecule has 0 saturated carbocycles. The number of fused-ring (bicyclic) bond motifs is 1. The largest absolute Gasteiger partial charge is 0.494 e. The Morgan fingerprint density at radius 2 is 2.10 bits per heavy atom. The second-order valence-corrected chi connectivity index (χ2v) is 5.09. The van der Waals surface area contributed by atoms with E-state index in [1.54, 1.807) is 0 Å². The fourth-order valence-electron chi connectivity index (χ4n) is 2.54. The summed E-state index contributed by atoms with van der Waals surface area (Å²) in [5, 5.41) is 0. The number of para-hydroxylation sites is 1. The first-order valence-corrected chi connectivity index (χ1v) is 7.18. The minimum atomic E-state index is -0.179. The number of hydrogen-bond acceptors (Lipinski definition) is 3. The van der Waals surface area contributed by atoms with Crippen LogP contribution in [0.2, 0.25) is 0 Å². The van der Waals surface area contributed by atoms with E-state index in [1.807, 2.05) is 37.3 Å². The molecule has 0 saturated heterocycles. The van der Waals surface area contributed by atoms with Crippen molar-refractivity contribution in [1.29, 1.82) is 0 Å². The summed E-state index contributed by atoms with van der Waals surface area (Å²) >= 11 is 0. The lowest BCUT2D eigenvalue weighted by atomic mass is 9.98. The summed E-state index contributed by atoms with van der Waals surface area (Å²) in [6.45, 7) is 9.13. The highest BCUT2D eigenvalue weighted by atomic mass is 16.6. The number of aryl methyl sites for hydroxylation is 1. The van der Waals surface area contributed by atoms with Crippen molar-refractivity contribution in [2.45, 2.75) is 20.0 Å². The summed E-state index contributed by atoms with van der Waals surface area (Å²) in [6.07, 6.45) is -0.179. The molecular formula is C18H19O3. The van der Waals surface area contributed by atoms with Crippen molar-refractivity contribution < 1.29 is 14.2 Å². The van der Waals surface area contributed by atoms with Crippen LogP contribution in [0.15, 0.2) is 36.4 Å². The van der Waals surface area contributed by atoms with E-state index in [-0.39, 0.29) is 6.10 Å². The van der Waals surface area contributed by atoms with Gasteiger partial charge >= 0.3 is 0 Å². The molecule has 0 aliphatic carbocycles. The second-order valence-electron chi connectivity index (χ2n) is 5.09. The quantitative estimate of drug-likeness (QED) is 0.851. The standard InChI is InChI=1S/C18H19O3/c1-4-19-14-8-9-15(12(2)10-14)16-6-5-7-17-18(16)21-13(3)11-20-17/h5-10,13H,3-4,11H2,1-2H3/t13-/m1/s1. The number of ether oxygens (including phenoxy) is 3. The molecule has 0 fully saturated rings. The van der Waals surface area contributed by atoms with Crippen molar-refractivity contribution in [2.75, 3.05) is 13.2 Å². The average Bonchev–Trinajstić information content (AvgIpc) is 2.47. The molecule has 3 heteroatoms. The minimum Gasteiger partial charge on any atom is -0.494 e. The topological polar surface area (TPSA) is 27.7 Å². The average molecular weight is 283 g/mol. The van der Waals surface area contributed by atoms with Crippen molar-refractivity contribution in [2.24, 2.45) is 0 Å². The molecule has 3 rings (SSSR count). The normalized spacial score (nSPS) is 16.6. The summed E-state index contributed by atoms with van der Waals surface area (Å²) < 4.78 is 17.1. The first kappa shape index (κ1) is 13.8. The molecule has 1 aliphatic heterocycles. The molecule has 0 aromatic heterocycles. The monoisotopic (exact) mass is 283 g/mol. The van der Waals surface area contributed by atoms with Gasteiger partial charge in [-0.2, -0.15) is 0 Å². The first-order valence-electron chi connectivity index (χ1n) is 7.18. The van der Waals surface area contributed by atoms with Gasteiger partial charge in [0.05, 0.1) is 6.61 Å². The molecule has 0 bridgehead atoms. The van der Waals surface area contributed by atoms with Gasteiger partial charge in [0.25, 0.3) is 0 Å². The van der Waals surface area contributed by atoms with Crippen molar-refractivity contribution in [3.05, 3.63) is 48.9 Å². The predicted molar refractivity (Wildman–Crippen MR) is 83.1 cm³/mol. The fraction of sp³-hybridized carbons (Fsp3) is 0.278. The Labute approximate surface area is 125 Å². The van der Waals surface area contributed by atoms with Gasteiger partial charge in [-0.3, -0.25) is 0 Å². The Kier molecular flexibility index (Phi) is 3.74. The molecule has 2 aromatic carbocycles. The van der Waals surface area contributed by atoms with Gasteiger partial charge in [-0.15, -0.1) is 0 Å². The molecule has 21 heavy (non-hydrogen) atoms. The minimum absolute atomic E-state index is 0.179. The van der Waals surface area contributed by atoms with Crippen LogP contribution in [0.5, 0.6) is 17.2 Å². The summed E-state index contributed by atoms with van der Waals surface area (Å²) in [6, 6.07) is 12.0. The smallest absolute Gasteiger partial charge is 0.169 e. The van der Waals surface area contributed by atoms with E-state index >= 15 is 0 Å². The molecule has 0 amide bonds. The first-order chi connectivity index (χ1) is 10.2. The van der Waals surface area contributed by atoms with E-state index in [1.165, 1.54) is 0 Å². The highest BCUT2D eigenvalue weighted by Crippen LogP contribution is 2.42. The van der Waals surface area contributed by atoms with E-state index in [4.69, 9.17) is 14.2 Å². The SMILES string of the molecule is [CH2][C@@H]1COc2cccc(-c3ccc(OCC)cc3C)c2O1. The predicted octanol–water partition coefficient (Wildman–Crippen LogP) is 4.03. The van der Waals surface area contributed by atoms with Crippen molar-refractivity contribution in [3.8, 4) is 28.4 Å². The molecule has 0 N–H and O–H groups in total. The number of hydrogen-bond donors (Lipinski definition) is 0. The van der Waals surface area contributed by atoms with Gasteiger partial charge in [0.15, 0.2) is 11.5 Å². The van der Waals surface area contributed by atoms with Gasteiger partial charge in [0, 0.05) is 5.56 Å². The number of rotatable bonds is 3. The molecule has 3 nitrogen and oxygen atoms in total. The zero-order valence-corrected chi connectivity index (χ0v) is 12.4. The highest BCUT2D eigenvalue weighted by molar-refractivity contribution is 5.77. The Bertz CT molecular complexity index is 649. The summed E-state index contributed by atoms with van der Waals surface area (Å²) in [7, 11) is 0. The molecule has 109 valence electrons. The van der Waals surface area contributed by atoms with Crippen LogP contribution in [0.1, 0.15) is 12.5 Å². The zero-order valence-electron chi connectivity index (χ0n) is 12.4. The van der Waals surface area contributed by atoms with Crippen LogP contribution in [0, 0.1) is 13.8 Å². The van der Waals surface area contributed by atoms with Crippen LogP contribution in [0.3, 0.4) is 0 Å². The molecule has 0 unspecified atom stereocenters. The van der Waals surface area contributed by atoms with E-state index < -0.39 is 0 Å². The van der Waals surface area contributed by atoms with Crippen molar-refractivity contribution in [1.82, 2.24) is 0 Å². The van der Waals surface area contributed by atoms with Crippen LogP contribution in [0.25, 0.3) is 11.1 Å². The van der Waals surface area contributed by atoms with E-state index in [2.05, 4.69) is 19.9 Å². The Morgan fingerprint density at radius 3 is 2.86 bits per heavy atom. The summed E-state index contributed by atoms with van der Waals surface area (Å²) in [4.78, 5) is 0. The summed E-state index contributed by atoms with van der Waals surface area (Å²) in [5.74, 6) is 2.44. The van der Waals surface area contributed by atoms with Crippen LogP contribution in [-0.2, 0) is 0 Å². The second kappa shape index (κ2) is 5.68. The highest BCUT2D eigenvalue weighted by Gasteiger charge is 2.21. The van der Waals surface area contributed by atoms with Gasteiger partial charge < -0.3 is 14.2 Å². The Balaban J connectivity index is 2.05. The maximum absolute atomic E-state index is 5.88. The lowest BCUT2D eigenvalue weighted by Gasteiger charge is -2.26. The van der Waals surface area contributed by atoms with Crippen LogP contribution < -0.4 is 14.2 Å². The third kappa shape index (κ3) is 2.68. The van der Waals surface area contributed by atoms with Crippen molar-refractivity contribution >= 4 is 0 Å². The molecule has 1 heterocycles. The lowest BCUT2D eigenvalue weighted by molar-refractivity contribution is 0.122. The van der Waals surface area contributed by atoms with Crippen molar-refractivity contribution in [3.63, 3.8) is 0 Å². The molecule has 2 aromatic rings. The maximum Gasteiger partial charge on any atom is 0.169 e. The third-order valence-corrected chi connectivity index (χ3v) is 3.49. The van der Waals surface area contributed by atoms with Gasteiger partial charge in [0.2, 0.25) is 0 Å². The fourth-order valence-corrected chi connectivity index (χ4v) is 2.54. The van der Waals surface area contributed by atoms with Crippen LogP contribution >= 0.6 is 0 Å². The summed E-state index contributed by atoms with van der Waals surface area (Å²) in [5.41, 5.74) is 3.29. The molecule has 1 radical (unpaired) electrons. The molecule has 0 spiro atoms. The van der Waals surface area contributed by atoms with Crippen LogP contribution in [-0.4, -0.2) is 19.3 Å². The molecule has 1 aliphatic rings. The molecular weight excluding hydrogens is 264 g/mol. The van der Waals surface area contributed by atoms with E-state index in [9.17, 15) is 0 Å². The van der Waals surface area contributed by atoms with Gasteiger partial charge in [-0.05, 0) is 50.1 Å². The third-order valence-electron chi connectivity index (χ3n) is 3.49. The van der Waals surface area contributed by atoms with Gasteiger partial charge in [-0.25, -0.2) is 0 Å². The van der Waals surface area contributed by atoms with Gasteiger partial charge in [0.1, 0.15) is 18.5 Å². The Hall–Kier alpha value is -2.16. The lowest BCUT2D eigenvalue weighted by Crippen LogP contribution is -2.26. The number of benzene rings is 2. The van der Waals surface area contributed by atoms with Crippen LogP contribution in [0.4, 0.5) is 0 Å².